The first-order chi connectivity index (χ1) is 11.4. The van der Waals surface area contributed by atoms with E-state index in [2.05, 4.69) is 0 Å². The minimum Gasteiger partial charge on any atom is -0.484 e. The Bertz CT molecular complexity index is 762. The van der Waals surface area contributed by atoms with Gasteiger partial charge < -0.3 is 9.64 Å². The van der Waals surface area contributed by atoms with Gasteiger partial charge in [-0.2, -0.15) is 0 Å². The topological polar surface area (TPSA) is 46.6 Å². The minimum absolute atomic E-state index is 0.108. The maximum absolute atomic E-state index is 13.3. The summed E-state index contributed by atoms with van der Waals surface area (Å²) in [6.07, 6.45) is 0. The molecule has 2 aromatic rings. The number of nitrogens with zero attached hydrogens (tertiary/aromatic N) is 1. The maximum Gasteiger partial charge on any atom is 0.264 e. The van der Waals surface area contributed by atoms with Crippen molar-refractivity contribution in [1.29, 1.82) is 0 Å². The first kappa shape index (κ1) is 17.6. The van der Waals surface area contributed by atoms with Crippen LogP contribution in [0.5, 0.6) is 5.75 Å². The number of hydrogen-bond donors (Lipinski definition) is 0. The number of benzene rings is 2. The Hall–Kier alpha value is -2.76. The van der Waals surface area contributed by atoms with Crippen LogP contribution in [-0.2, 0) is 4.79 Å². The molecular formula is C18H17F2NO3. The number of carbonyl (C=O) groups is 2. The van der Waals surface area contributed by atoms with Crippen LogP contribution < -0.4 is 9.64 Å². The molecule has 0 aliphatic rings. The summed E-state index contributed by atoms with van der Waals surface area (Å²) < 4.78 is 31.7. The molecule has 0 aromatic heterocycles. The summed E-state index contributed by atoms with van der Waals surface area (Å²) in [6.45, 7) is 3.15. The fourth-order valence-electron chi connectivity index (χ4n) is 2.18. The third-order valence-corrected chi connectivity index (χ3v) is 3.44. The normalized spacial score (nSPS) is 10.3. The lowest BCUT2D eigenvalue weighted by Gasteiger charge is -2.21. The van der Waals surface area contributed by atoms with E-state index in [1.165, 1.54) is 17.9 Å². The smallest absolute Gasteiger partial charge is 0.264 e. The molecule has 6 heteroatoms. The lowest BCUT2D eigenvalue weighted by molar-refractivity contribution is -0.120. The Morgan fingerprint density at radius 3 is 2.46 bits per heavy atom. The average Bonchev–Trinajstić information content (AvgIpc) is 2.57. The highest BCUT2D eigenvalue weighted by Gasteiger charge is 2.16. The maximum atomic E-state index is 13.3. The number of halogens is 2. The number of anilines is 1. The van der Waals surface area contributed by atoms with E-state index in [1.54, 1.807) is 31.2 Å². The van der Waals surface area contributed by atoms with Crippen molar-refractivity contribution in [2.75, 3.05) is 18.1 Å². The summed E-state index contributed by atoms with van der Waals surface area (Å²) in [5.41, 5.74) is 0.732. The van der Waals surface area contributed by atoms with Crippen molar-refractivity contribution in [2.24, 2.45) is 0 Å². The van der Waals surface area contributed by atoms with Gasteiger partial charge >= 0.3 is 0 Å². The van der Waals surface area contributed by atoms with E-state index in [1.807, 2.05) is 0 Å². The molecule has 24 heavy (non-hydrogen) atoms. The van der Waals surface area contributed by atoms with Crippen LogP contribution in [0.2, 0.25) is 0 Å². The van der Waals surface area contributed by atoms with Gasteiger partial charge in [0, 0.05) is 23.9 Å². The van der Waals surface area contributed by atoms with Gasteiger partial charge in [-0.15, -0.1) is 0 Å². The Labute approximate surface area is 138 Å². The van der Waals surface area contributed by atoms with Gasteiger partial charge in [-0.3, -0.25) is 9.59 Å². The second-order valence-corrected chi connectivity index (χ2v) is 5.11. The van der Waals surface area contributed by atoms with Gasteiger partial charge in [-0.25, -0.2) is 8.78 Å². The molecule has 0 heterocycles. The highest BCUT2D eigenvalue weighted by atomic mass is 19.2. The molecule has 2 aromatic carbocycles. The van der Waals surface area contributed by atoms with Gasteiger partial charge in [0.25, 0.3) is 5.91 Å². The number of hydrogen-bond acceptors (Lipinski definition) is 3. The van der Waals surface area contributed by atoms with Crippen LogP contribution in [0, 0.1) is 11.6 Å². The Balaban J connectivity index is 2.08. The molecule has 0 spiro atoms. The summed E-state index contributed by atoms with van der Waals surface area (Å²) in [5.74, 6) is -2.12. The Morgan fingerprint density at radius 2 is 1.83 bits per heavy atom. The molecule has 0 saturated carbocycles. The molecule has 0 fully saturated rings. The number of Topliss-reactive ketones (excluding diaryl/α,β-unsaturated/α-hetero) is 1. The van der Waals surface area contributed by atoms with Crippen LogP contribution >= 0.6 is 0 Å². The molecule has 2 rings (SSSR count). The van der Waals surface area contributed by atoms with E-state index in [4.69, 9.17) is 4.74 Å². The Morgan fingerprint density at radius 1 is 1.08 bits per heavy atom. The molecule has 0 radical (unpaired) electrons. The summed E-state index contributed by atoms with van der Waals surface area (Å²) >= 11 is 0. The third-order valence-electron chi connectivity index (χ3n) is 3.44. The predicted molar refractivity (Wildman–Crippen MR) is 86.3 cm³/mol. The standard InChI is InChI=1S/C18H17F2NO3/c1-3-21(14-7-8-16(19)17(20)10-14)18(23)11-24-15-6-4-5-13(9-15)12(2)22/h4-10H,3,11H2,1-2H3. The van der Waals surface area contributed by atoms with Gasteiger partial charge in [0.05, 0.1) is 0 Å². The van der Waals surface area contributed by atoms with Crippen molar-refractivity contribution in [1.82, 2.24) is 0 Å². The molecule has 0 aliphatic heterocycles. The molecular weight excluding hydrogens is 316 g/mol. The van der Waals surface area contributed by atoms with E-state index in [0.717, 1.165) is 12.1 Å². The first-order valence-electron chi connectivity index (χ1n) is 7.41. The van der Waals surface area contributed by atoms with Crippen molar-refractivity contribution in [3.63, 3.8) is 0 Å². The largest absolute Gasteiger partial charge is 0.484 e. The highest BCUT2D eigenvalue weighted by molar-refractivity contribution is 5.95. The summed E-state index contributed by atoms with van der Waals surface area (Å²) in [4.78, 5) is 24.9. The summed E-state index contributed by atoms with van der Waals surface area (Å²) in [7, 11) is 0. The van der Waals surface area contributed by atoms with Gasteiger partial charge in [0.1, 0.15) is 5.75 Å². The molecule has 126 valence electrons. The average molecular weight is 333 g/mol. The van der Waals surface area contributed by atoms with E-state index < -0.39 is 17.5 Å². The van der Waals surface area contributed by atoms with Crippen LogP contribution in [0.4, 0.5) is 14.5 Å². The van der Waals surface area contributed by atoms with Crippen LogP contribution in [-0.4, -0.2) is 24.8 Å². The Kier molecular flexibility index (Phi) is 5.63. The van der Waals surface area contributed by atoms with Crippen LogP contribution in [0.1, 0.15) is 24.2 Å². The number of ether oxygens (including phenoxy) is 1. The van der Waals surface area contributed by atoms with E-state index >= 15 is 0 Å². The van der Waals surface area contributed by atoms with Crippen LogP contribution in [0.3, 0.4) is 0 Å². The van der Waals surface area contributed by atoms with Crippen molar-refractivity contribution < 1.29 is 23.1 Å². The number of carbonyl (C=O) groups excluding carboxylic acids is 2. The van der Waals surface area contributed by atoms with Crippen LogP contribution in [0.15, 0.2) is 42.5 Å². The molecule has 0 bridgehead atoms. The van der Waals surface area contributed by atoms with Crippen LogP contribution in [0.25, 0.3) is 0 Å². The van der Waals surface area contributed by atoms with Crippen molar-refractivity contribution in [3.8, 4) is 5.75 Å². The predicted octanol–water partition coefficient (Wildman–Crippen LogP) is 3.60. The first-order valence-corrected chi connectivity index (χ1v) is 7.41. The van der Waals surface area contributed by atoms with E-state index in [9.17, 15) is 18.4 Å². The molecule has 1 amide bonds. The number of amides is 1. The minimum atomic E-state index is -1.02. The summed E-state index contributed by atoms with van der Waals surface area (Å²) in [5, 5.41) is 0. The van der Waals surface area contributed by atoms with Gasteiger partial charge in [-0.05, 0) is 38.1 Å². The van der Waals surface area contributed by atoms with E-state index in [-0.39, 0.29) is 24.6 Å². The fraction of sp³-hybridized carbons (Fsp3) is 0.222. The quantitative estimate of drug-likeness (QED) is 0.759. The van der Waals surface area contributed by atoms with Gasteiger partial charge in [0.2, 0.25) is 0 Å². The zero-order valence-electron chi connectivity index (χ0n) is 13.4. The fourth-order valence-corrected chi connectivity index (χ4v) is 2.18. The number of ketones is 1. The molecule has 0 N–H and O–H groups in total. The lowest BCUT2D eigenvalue weighted by Crippen LogP contribution is -2.34. The zero-order valence-corrected chi connectivity index (χ0v) is 13.4. The lowest BCUT2D eigenvalue weighted by atomic mass is 10.1. The van der Waals surface area contributed by atoms with E-state index in [0.29, 0.717) is 11.3 Å². The second-order valence-electron chi connectivity index (χ2n) is 5.11. The molecule has 0 unspecified atom stereocenters. The zero-order chi connectivity index (χ0) is 17.7. The summed E-state index contributed by atoms with van der Waals surface area (Å²) in [6, 6.07) is 9.75. The van der Waals surface area contributed by atoms with Gasteiger partial charge in [-0.1, -0.05) is 12.1 Å². The third kappa shape index (κ3) is 4.16. The van der Waals surface area contributed by atoms with Crippen molar-refractivity contribution >= 4 is 17.4 Å². The molecule has 0 saturated heterocycles. The molecule has 4 nitrogen and oxygen atoms in total. The monoisotopic (exact) mass is 333 g/mol. The second kappa shape index (κ2) is 7.68. The van der Waals surface area contributed by atoms with Crippen molar-refractivity contribution in [3.05, 3.63) is 59.7 Å². The van der Waals surface area contributed by atoms with Gasteiger partial charge in [0.15, 0.2) is 24.0 Å². The number of rotatable bonds is 6. The SMILES string of the molecule is CCN(C(=O)COc1cccc(C(C)=O)c1)c1ccc(F)c(F)c1. The highest BCUT2D eigenvalue weighted by Crippen LogP contribution is 2.19. The molecule has 0 atom stereocenters. The molecule has 0 aliphatic carbocycles. The van der Waals surface area contributed by atoms with Crippen molar-refractivity contribution in [2.45, 2.75) is 13.8 Å². The number of likely N-dealkylation sites (N-methyl/N-ethyl adjacent to an activating group) is 1.